The van der Waals surface area contributed by atoms with E-state index in [1.54, 1.807) is 0 Å². The number of imidazole rings is 1. The highest BCUT2D eigenvalue weighted by Gasteiger charge is 2.26. The van der Waals surface area contributed by atoms with Crippen LogP contribution >= 0.6 is 0 Å². The molecule has 130 valence electrons. The molecule has 1 aliphatic rings. The molecule has 1 N–H and O–H groups in total. The average Bonchev–Trinajstić information content (AvgIpc) is 3.05. The van der Waals surface area contributed by atoms with Gasteiger partial charge in [-0.2, -0.15) is 0 Å². The number of rotatable bonds is 6. The smallest absolute Gasteiger partial charge is 0.122 e. The van der Waals surface area contributed by atoms with Crippen molar-refractivity contribution in [2.75, 3.05) is 26.2 Å². The maximum atomic E-state index is 10.5. The standard InChI is InChI=1S/C19H28N4O/c1-3-22-10-9-20-19(22)15-21-11-12-23(16(2)13-21)14-18(24)17-7-5-4-6-8-17/h4-10,16,18,24H,3,11-15H2,1-2H3/t16-,18-/m1/s1. The highest BCUT2D eigenvalue weighted by molar-refractivity contribution is 5.17. The fourth-order valence-corrected chi connectivity index (χ4v) is 3.47. The lowest BCUT2D eigenvalue weighted by Crippen LogP contribution is -2.52. The molecule has 2 heterocycles. The first-order valence-corrected chi connectivity index (χ1v) is 8.86. The quantitative estimate of drug-likeness (QED) is 0.882. The van der Waals surface area contributed by atoms with Crippen molar-refractivity contribution in [3.05, 3.63) is 54.1 Å². The van der Waals surface area contributed by atoms with Crippen LogP contribution in [0.15, 0.2) is 42.7 Å². The molecule has 0 saturated carbocycles. The largest absolute Gasteiger partial charge is 0.387 e. The Kier molecular flexibility index (Phi) is 5.66. The van der Waals surface area contributed by atoms with Crippen LogP contribution in [0.25, 0.3) is 0 Å². The van der Waals surface area contributed by atoms with Gasteiger partial charge in [0.15, 0.2) is 0 Å². The molecule has 0 bridgehead atoms. The van der Waals surface area contributed by atoms with Crippen LogP contribution in [0.1, 0.15) is 31.3 Å². The number of aryl methyl sites for hydroxylation is 1. The minimum atomic E-state index is -0.417. The molecule has 0 spiro atoms. The van der Waals surface area contributed by atoms with Crippen molar-refractivity contribution in [1.82, 2.24) is 19.4 Å². The molecule has 1 aromatic carbocycles. The Balaban J connectivity index is 1.53. The molecule has 0 aliphatic carbocycles. The van der Waals surface area contributed by atoms with Gasteiger partial charge in [-0.15, -0.1) is 0 Å². The molecule has 0 unspecified atom stereocenters. The molecule has 1 aromatic heterocycles. The monoisotopic (exact) mass is 328 g/mol. The predicted octanol–water partition coefficient (Wildman–Crippen LogP) is 2.14. The molecule has 0 amide bonds. The minimum Gasteiger partial charge on any atom is -0.387 e. The van der Waals surface area contributed by atoms with Gasteiger partial charge in [0.2, 0.25) is 0 Å². The number of aromatic nitrogens is 2. The van der Waals surface area contributed by atoms with Crippen molar-refractivity contribution >= 4 is 0 Å². The van der Waals surface area contributed by atoms with Crippen molar-refractivity contribution in [1.29, 1.82) is 0 Å². The zero-order valence-electron chi connectivity index (χ0n) is 14.7. The van der Waals surface area contributed by atoms with Crippen molar-refractivity contribution < 1.29 is 5.11 Å². The van der Waals surface area contributed by atoms with E-state index in [2.05, 4.69) is 33.2 Å². The van der Waals surface area contributed by atoms with E-state index in [4.69, 9.17) is 0 Å². The summed E-state index contributed by atoms with van der Waals surface area (Å²) in [4.78, 5) is 9.33. The number of aliphatic hydroxyl groups is 1. The molecular formula is C19H28N4O. The van der Waals surface area contributed by atoms with Crippen molar-refractivity contribution in [2.45, 2.75) is 39.1 Å². The molecule has 24 heavy (non-hydrogen) atoms. The van der Waals surface area contributed by atoms with Crippen LogP contribution in [-0.4, -0.2) is 56.7 Å². The third-order valence-corrected chi connectivity index (χ3v) is 4.95. The molecule has 2 atom stereocenters. The third-order valence-electron chi connectivity index (χ3n) is 4.95. The Morgan fingerprint density at radius 2 is 2.04 bits per heavy atom. The molecule has 3 rings (SSSR count). The Hall–Kier alpha value is -1.69. The van der Waals surface area contributed by atoms with Crippen LogP contribution in [0.5, 0.6) is 0 Å². The van der Waals surface area contributed by atoms with Gasteiger partial charge >= 0.3 is 0 Å². The summed E-state index contributed by atoms with van der Waals surface area (Å²) in [7, 11) is 0. The second-order valence-corrected chi connectivity index (χ2v) is 6.64. The van der Waals surface area contributed by atoms with Crippen LogP contribution in [0.4, 0.5) is 0 Å². The maximum absolute atomic E-state index is 10.5. The average molecular weight is 328 g/mol. The van der Waals surface area contributed by atoms with Crippen LogP contribution in [0.2, 0.25) is 0 Å². The van der Waals surface area contributed by atoms with Crippen LogP contribution in [-0.2, 0) is 13.1 Å². The van der Waals surface area contributed by atoms with E-state index in [0.717, 1.165) is 44.1 Å². The number of hydrogen-bond acceptors (Lipinski definition) is 4. The molecule has 2 aromatic rings. The lowest BCUT2D eigenvalue weighted by molar-refractivity contribution is 0.0350. The van der Waals surface area contributed by atoms with Crippen LogP contribution in [0.3, 0.4) is 0 Å². The number of hydrogen-bond donors (Lipinski definition) is 1. The van der Waals surface area contributed by atoms with Gasteiger partial charge in [0.05, 0.1) is 12.6 Å². The lowest BCUT2D eigenvalue weighted by Gasteiger charge is -2.40. The summed E-state index contributed by atoms with van der Waals surface area (Å²) in [6.45, 7) is 9.97. The highest BCUT2D eigenvalue weighted by Crippen LogP contribution is 2.18. The number of β-amino-alcohol motifs (C(OH)–C–C–N with tert-alkyl or cyclic N) is 1. The lowest BCUT2D eigenvalue weighted by atomic mass is 10.1. The SMILES string of the molecule is CCn1ccnc1CN1CCN(C[C@@H](O)c2ccccc2)[C@H](C)C1. The summed E-state index contributed by atoms with van der Waals surface area (Å²) < 4.78 is 2.20. The second kappa shape index (κ2) is 7.92. The summed E-state index contributed by atoms with van der Waals surface area (Å²) in [5.41, 5.74) is 0.997. The number of nitrogens with zero attached hydrogens (tertiary/aromatic N) is 4. The highest BCUT2D eigenvalue weighted by atomic mass is 16.3. The summed E-state index contributed by atoms with van der Waals surface area (Å²) in [6.07, 6.45) is 3.51. The Morgan fingerprint density at radius 1 is 1.25 bits per heavy atom. The fourth-order valence-electron chi connectivity index (χ4n) is 3.47. The van der Waals surface area contributed by atoms with Gasteiger partial charge in [0.1, 0.15) is 5.82 Å². The fraction of sp³-hybridized carbons (Fsp3) is 0.526. The van der Waals surface area contributed by atoms with E-state index in [9.17, 15) is 5.11 Å². The van der Waals surface area contributed by atoms with Gasteiger partial charge in [0, 0.05) is 51.2 Å². The predicted molar refractivity (Wildman–Crippen MR) is 95.6 cm³/mol. The van der Waals surface area contributed by atoms with Gasteiger partial charge in [-0.05, 0) is 19.4 Å². The van der Waals surface area contributed by atoms with Gasteiger partial charge in [0.25, 0.3) is 0 Å². The van der Waals surface area contributed by atoms with Crippen LogP contribution in [0, 0.1) is 0 Å². The molecule has 5 nitrogen and oxygen atoms in total. The van der Waals surface area contributed by atoms with Crippen molar-refractivity contribution in [3.8, 4) is 0 Å². The van der Waals surface area contributed by atoms with Gasteiger partial charge < -0.3 is 9.67 Å². The van der Waals surface area contributed by atoms with Gasteiger partial charge in [-0.1, -0.05) is 30.3 Å². The van der Waals surface area contributed by atoms with Crippen molar-refractivity contribution in [2.24, 2.45) is 0 Å². The topological polar surface area (TPSA) is 44.5 Å². The molecule has 5 heteroatoms. The molecule has 1 aliphatic heterocycles. The number of aliphatic hydroxyl groups excluding tert-OH is 1. The van der Waals surface area contributed by atoms with Crippen LogP contribution < -0.4 is 0 Å². The van der Waals surface area contributed by atoms with Gasteiger partial charge in [-0.3, -0.25) is 9.80 Å². The second-order valence-electron chi connectivity index (χ2n) is 6.64. The van der Waals surface area contributed by atoms with Gasteiger partial charge in [-0.25, -0.2) is 4.98 Å². The number of benzene rings is 1. The van der Waals surface area contributed by atoms with E-state index in [1.165, 1.54) is 0 Å². The Bertz CT molecular complexity index is 627. The first-order valence-electron chi connectivity index (χ1n) is 8.86. The zero-order valence-corrected chi connectivity index (χ0v) is 14.7. The summed E-state index contributed by atoms with van der Waals surface area (Å²) in [5.74, 6) is 1.14. The first-order chi connectivity index (χ1) is 11.7. The van der Waals surface area contributed by atoms with E-state index in [1.807, 2.05) is 42.7 Å². The maximum Gasteiger partial charge on any atom is 0.122 e. The Labute approximate surface area is 144 Å². The molecule has 1 fully saturated rings. The summed E-state index contributed by atoms with van der Waals surface area (Å²) >= 11 is 0. The van der Waals surface area contributed by atoms with E-state index < -0.39 is 6.10 Å². The number of piperazine rings is 1. The molecule has 0 radical (unpaired) electrons. The third kappa shape index (κ3) is 4.04. The van der Waals surface area contributed by atoms with E-state index in [0.29, 0.717) is 12.6 Å². The van der Waals surface area contributed by atoms with E-state index in [-0.39, 0.29) is 0 Å². The Morgan fingerprint density at radius 3 is 2.75 bits per heavy atom. The van der Waals surface area contributed by atoms with Crippen molar-refractivity contribution in [3.63, 3.8) is 0 Å². The van der Waals surface area contributed by atoms with E-state index >= 15 is 0 Å². The normalized spacial score (nSPS) is 21.0. The first kappa shape index (κ1) is 17.1. The summed E-state index contributed by atoms with van der Waals surface area (Å²) in [6, 6.07) is 10.4. The molecule has 1 saturated heterocycles. The molecular weight excluding hydrogens is 300 g/mol. The minimum absolute atomic E-state index is 0.417. The summed E-state index contributed by atoms with van der Waals surface area (Å²) in [5, 5.41) is 10.5. The zero-order chi connectivity index (χ0) is 16.9.